The van der Waals surface area contributed by atoms with Gasteiger partial charge in [-0.25, -0.2) is 13.6 Å². The number of hydrogen-bond donors (Lipinski definition) is 4. The molecule has 8 heteroatoms. The predicted octanol–water partition coefficient (Wildman–Crippen LogP) is 2.14. The predicted molar refractivity (Wildman–Crippen MR) is 89.5 cm³/mol. The average molecular weight is 352 g/mol. The van der Waals surface area contributed by atoms with Crippen LogP contribution in [0.25, 0.3) is 0 Å². The first kappa shape index (κ1) is 17.6. The molecule has 4 N–H and O–H groups in total. The van der Waals surface area contributed by atoms with Gasteiger partial charge < -0.3 is 16.0 Å². The van der Waals surface area contributed by atoms with Gasteiger partial charge in [-0.1, -0.05) is 12.1 Å². The summed E-state index contributed by atoms with van der Waals surface area (Å²) in [7, 11) is 0. The highest BCUT2D eigenvalue weighted by Gasteiger charge is 2.42. The SMILES string of the molecule is CC(NC(=O)C1CC(F)(F)CN1)c1ccc(NC(=O)NC2CC2)cc1. The van der Waals surface area contributed by atoms with Crippen LogP contribution in [0.4, 0.5) is 19.3 Å². The molecule has 2 unspecified atom stereocenters. The average Bonchev–Trinajstić information content (AvgIpc) is 3.28. The third-order valence-corrected chi connectivity index (χ3v) is 4.37. The molecule has 2 atom stereocenters. The Morgan fingerprint density at radius 3 is 2.48 bits per heavy atom. The van der Waals surface area contributed by atoms with Crippen molar-refractivity contribution in [2.45, 2.75) is 50.2 Å². The van der Waals surface area contributed by atoms with Gasteiger partial charge in [0, 0.05) is 18.2 Å². The standard InChI is InChI=1S/C17H22F2N4O2/c1-10(21-15(24)14-8-17(18,19)9-20-14)11-2-4-12(5-3-11)22-16(25)23-13-6-7-13/h2-5,10,13-14,20H,6-9H2,1H3,(H,21,24)(H2,22,23,25). The monoisotopic (exact) mass is 352 g/mol. The maximum Gasteiger partial charge on any atom is 0.319 e. The Bertz CT molecular complexity index is 647. The summed E-state index contributed by atoms with van der Waals surface area (Å²) in [5.74, 6) is -3.27. The molecule has 1 saturated carbocycles. The van der Waals surface area contributed by atoms with Gasteiger partial charge in [-0.3, -0.25) is 10.1 Å². The molecule has 1 heterocycles. The molecular formula is C17H22F2N4O2. The van der Waals surface area contributed by atoms with E-state index in [0.717, 1.165) is 18.4 Å². The summed E-state index contributed by atoms with van der Waals surface area (Å²) in [4.78, 5) is 23.7. The fourth-order valence-corrected chi connectivity index (χ4v) is 2.73. The summed E-state index contributed by atoms with van der Waals surface area (Å²) in [6, 6.07) is 5.92. The molecule has 1 aromatic carbocycles. The zero-order valence-electron chi connectivity index (χ0n) is 13.9. The summed E-state index contributed by atoms with van der Waals surface area (Å²) in [5.41, 5.74) is 1.48. The first-order chi connectivity index (χ1) is 11.8. The molecule has 25 heavy (non-hydrogen) atoms. The van der Waals surface area contributed by atoms with Gasteiger partial charge in [0.1, 0.15) is 0 Å². The van der Waals surface area contributed by atoms with Crippen molar-refractivity contribution in [3.05, 3.63) is 29.8 Å². The molecule has 1 aliphatic carbocycles. The van der Waals surface area contributed by atoms with Crippen LogP contribution in [-0.2, 0) is 4.79 Å². The molecule has 1 saturated heterocycles. The van der Waals surface area contributed by atoms with Crippen LogP contribution in [0.5, 0.6) is 0 Å². The van der Waals surface area contributed by atoms with Crippen LogP contribution in [0.15, 0.2) is 24.3 Å². The zero-order chi connectivity index (χ0) is 18.0. The van der Waals surface area contributed by atoms with Crippen molar-refractivity contribution in [2.24, 2.45) is 0 Å². The molecule has 2 fully saturated rings. The molecule has 2 aliphatic rings. The van der Waals surface area contributed by atoms with Crippen LogP contribution in [-0.4, -0.2) is 36.5 Å². The normalized spacial score (nSPS) is 22.9. The minimum Gasteiger partial charge on any atom is -0.348 e. The summed E-state index contributed by atoms with van der Waals surface area (Å²) < 4.78 is 26.3. The van der Waals surface area contributed by atoms with E-state index >= 15 is 0 Å². The molecule has 3 rings (SSSR count). The first-order valence-electron chi connectivity index (χ1n) is 8.41. The number of alkyl halides is 2. The third kappa shape index (κ3) is 4.88. The highest BCUT2D eigenvalue weighted by molar-refractivity contribution is 5.89. The second-order valence-corrected chi connectivity index (χ2v) is 6.72. The molecule has 1 aliphatic heterocycles. The number of halogens is 2. The fraction of sp³-hybridized carbons (Fsp3) is 0.529. The van der Waals surface area contributed by atoms with Crippen LogP contribution in [0, 0.1) is 0 Å². The van der Waals surface area contributed by atoms with Crippen molar-refractivity contribution < 1.29 is 18.4 Å². The van der Waals surface area contributed by atoms with Crippen molar-refractivity contribution in [3.8, 4) is 0 Å². The van der Waals surface area contributed by atoms with E-state index in [4.69, 9.17) is 0 Å². The molecule has 0 radical (unpaired) electrons. The first-order valence-corrected chi connectivity index (χ1v) is 8.41. The van der Waals surface area contributed by atoms with Crippen molar-refractivity contribution >= 4 is 17.6 Å². The lowest BCUT2D eigenvalue weighted by molar-refractivity contribution is -0.124. The summed E-state index contributed by atoms with van der Waals surface area (Å²) >= 11 is 0. The van der Waals surface area contributed by atoms with Gasteiger partial charge in [-0.2, -0.15) is 0 Å². The van der Waals surface area contributed by atoms with Gasteiger partial charge in [0.25, 0.3) is 5.92 Å². The minimum absolute atomic E-state index is 0.232. The number of nitrogens with one attached hydrogen (secondary N) is 4. The molecule has 0 spiro atoms. The van der Waals surface area contributed by atoms with Crippen LogP contribution in [0.3, 0.4) is 0 Å². The Balaban J connectivity index is 1.50. The lowest BCUT2D eigenvalue weighted by atomic mass is 10.1. The molecule has 1 aromatic rings. The van der Waals surface area contributed by atoms with Gasteiger partial charge in [0.2, 0.25) is 5.91 Å². The number of benzene rings is 1. The van der Waals surface area contributed by atoms with Crippen LogP contribution in [0.1, 0.15) is 37.8 Å². The number of anilines is 1. The van der Waals surface area contributed by atoms with Gasteiger partial charge in [0.15, 0.2) is 0 Å². The van der Waals surface area contributed by atoms with Gasteiger partial charge in [-0.05, 0) is 37.5 Å². The Labute approximate surface area is 144 Å². The Morgan fingerprint density at radius 1 is 1.24 bits per heavy atom. The van der Waals surface area contributed by atoms with E-state index in [1.807, 2.05) is 0 Å². The summed E-state index contributed by atoms with van der Waals surface area (Å²) in [6.07, 6.45) is 1.56. The van der Waals surface area contributed by atoms with Gasteiger partial charge in [0.05, 0.1) is 18.6 Å². The van der Waals surface area contributed by atoms with E-state index in [-0.39, 0.29) is 18.1 Å². The zero-order valence-corrected chi connectivity index (χ0v) is 13.9. The number of hydrogen-bond acceptors (Lipinski definition) is 3. The van der Waals surface area contributed by atoms with Crippen LogP contribution in [0.2, 0.25) is 0 Å². The summed E-state index contributed by atoms with van der Waals surface area (Å²) in [5, 5.41) is 10.8. The molecule has 3 amide bonds. The summed E-state index contributed by atoms with van der Waals surface area (Å²) in [6.45, 7) is 1.32. The highest BCUT2D eigenvalue weighted by atomic mass is 19.3. The molecule has 136 valence electrons. The van der Waals surface area contributed by atoms with Crippen LogP contribution >= 0.6 is 0 Å². The minimum atomic E-state index is -2.83. The molecule has 0 bridgehead atoms. The van der Waals surface area contributed by atoms with Crippen molar-refractivity contribution in [2.75, 3.05) is 11.9 Å². The Kier molecular flexibility index (Phi) is 4.89. The number of carbonyl (C=O) groups excluding carboxylic acids is 2. The van der Waals surface area contributed by atoms with E-state index < -0.39 is 30.8 Å². The quantitative estimate of drug-likeness (QED) is 0.655. The Hall–Kier alpha value is -2.22. The number of rotatable bonds is 5. The highest BCUT2D eigenvalue weighted by Crippen LogP contribution is 2.26. The van der Waals surface area contributed by atoms with E-state index in [1.165, 1.54) is 0 Å². The number of amides is 3. The maximum atomic E-state index is 13.2. The lowest BCUT2D eigenvalue weighted by Crippen LogP contribution is -2.41. The molecule has 6 nitrogen and oxygen atoms in total. The van der Waals surface area contributed by atoms with Gasteiger partial charge >= 0.3 is 6.03 Å². The lowest BCUT2D eigenvalue weighted by Gasteiger charge is -2.18. The number of carbonyl (C=O) groups is 2. The Morgan fingerprint density at radius 2 is 1.92 bits per heavy atom. The smallest absolute Gasteiger partial charge is 0.319 e. The second-order valence-electron chi connectivity index (χ2n) is 6.72. The van der Waals surface area contributed by atoms with Crippen molar-refractivity contribution in [1.82, 2.24) is 16.0 Å². The van der Waals surface area contributed by atoms with E-state index in [1.54, 1.807) is 31.2 Å². The molecular weight excluding hydrogens is 330 g/mol. The van der Waals surface area contributed by atoms with E-state index in [9.17, 15) is 18.4 Å². The number of urea groups is 1. The third-order valence-electron chi connectivity index (χ3n) is 4.37. The van der Waals surface area contributed by atoms with Crippen LogP contribution < -0.4 is 21.3 Å². The largest absolute Gasteiger partial charge is 0.348 e. The second kappa shape index (κ2) is 6.95. The topological polar surface area (TPSA) is 82.3 Å². The maximum absolute atomic E-state index is 13.2. The fourth-order valence-electron chi connectivity index (χ4n) is 2.73. The van der Waals surface area contributed by atoms with Crippen molar-refractivity contribution in [3.63, 3.8) is 0 Å². The van der Waals surface area contributed by atoms with Crippen molar-refractivity contribution in [1.29, 1.82) is 0 Å². The van der Waals surface area contributed by atoms with E-state index in [2.05, 4.69) is 21.3 Å². The molecule has 0 aromatic heterocycles. The van der Waals surface area contributed by atoms with E-state index in [0.29, 0.717) is 5.69 Å². The van der Waals surface area contributed by atoms with Gasteiger partial charge in [-0.15, -0.1) is 0 Å².